The first-order valence-electron chi connectivity index (χ1n) is 5.99. The molecule has 0 saturated carbocycles. The van der Waals surface area contributed by atoms with Gasteiger partial charge in [0.2, 0.25) is 11.8 Å². The van der Waals surface area contributed by atoms with E-state index in [9.17, 15) is 18.0 Å². The monoisotopic (exact) mass is 276 g/mol. The van der Waals surface area contributed by atoms with Crippen LogP contribution in [-0.4, -0.2) is 55.8 Å². The van der Waals surface area contributed by atoms with Crippen LogP contribution in [0.2, 0.25) is 0 Å². The first-order valence-corrected chi connectivity index (χ1v) is 8.05. The van der Waals surface area contributed by atoms with Crippen molar-refractivity contribution in [2.75, 3.05) is 18.6 Å². The molecule has 7 heteroatoms. The van der Waals surface area contributed by atoms with Gasteiger partial charge in [0.25, 0.3) is 0 Å². The smallest absolute Gasteiger partial charge is 0.247 e. The van der Waals surface area contributed by atoms with E-state index < -0.39 is 15.9 Å². The summed E-state index contributed by atoms with van der Waals surface area (Å²) in [7, 11) is -2.97. The molecular formula is C11H20N2O4S. The molecule has 0 aromatic rings. The number of hydrogen-bond acceptors (Lipinski definition) is 5. The molecule has 2 amide bonds. The number of likely N-dealkylation sites (tertiary alicyclic amines) is 1. The number of nitrogens with zero attached hydrogens (tertiary/aromatic N) is 1. The highest BCUT2D eigenvalue weighted by Gasteiger charge is 2.39. The van der Waals surface area contributed by atoms with E-state index in [1.807, 2.05) is 0 Å². The Morgan fingerprint density at radius 2 is 2.00 bits per heavy atom. The molecule has 0 spiro atoms. The summed E-state index contributed by atoms with van der Waals surface area (Å²) in [5, 5.41) is 2.94. The largest absolute Gasteiger partial charge is 0.305 e. The minimum atomic E-state index is -2.97. The summed E-state index contributed by atoms with van der Waals surface area (Å²) in [5.74, 6) is -0.298. The molecule has 0 aliphatic carbocycles. The maximum Gasteiger partial charge on any atom is 0.247 e. The van der Waals surface area contributed by atoms with Gasteiger partial charge in [0.1, 0.15) is 9.84 Å². The fourth-order valence-corrected chi connectivity index (χ4v) is 2.63. The third-order valence-electron chi connectivity index (χ3n) is 2.78. The Bertz CT molecular complexity index is 430. The highest BCUT2D eigenvalue weighted by molar-refractivity contribution is 7.90. The summed E-state index contributed by atoms with van der Waals surface area (Å²) in [6.45, 7) is 4.01. The van der Waals surface area contributed by atoms with Gasteiger partial charge in [-0.1, -0.05) is 0 Å². The lowest BCUT2D eigenvalue weighted by atomic mass is 10.2. The van der Waals surface area contributed by atoms with Crippen LogP contribution in [0.4, 0.5) is 0 Å². The third-order valence-corrected chi connectivity index (χ3v) is 3.81. The van der Waals surface area contributed by atoms with E-state index in [0.717, 1.165) is 0 Å². The predicted molar refractivity (Wildman–Crippen MR) is 67.7 cm³/mol. The summed E-state index contributed by atoms with van der Waals surface area (Å²) in [4.78, 5) is 24.7. The van der Waals surface area contributed by atoms with Gasteiger partial charge in [0.05, 0.1) is 18.2 Å². The molecular weight excluding hydrogens is 256 g/mol. The van der Waals surface area contributed by atoms with Crippen LogP contribution in [0.1, 0.15) is 26.7 Å². The number of carbonyl (C=O) groups is 2. The Hall–Kier alpha value is -0.950. The Kier molecular flexibility index (Phi) is 4.86. The van der Waals surface area contributed by atoms with Crippen molar-refractivity contribution in [3.8, 4) is 0 Å². The number of nitrogens with one attached hydrogen (secondary N) is 1. The van der Waals surface area contributed by atoms with Crippen molar-refractivity contribution >= 4 is 21.7 Å². The number of amides is 2. The van der Waals surface area contributed by atoms with Crippen LogP contribution in [0.15, 0.2) is 0 Å². The minimum Gasteiger partial charge on any atom is -0.305 e. The van der Waals surface area contributed by atoms with E-state index in [0.29, 0.717) is 13.0 Å². The molecule has 18 heavy (non-hydrogen) atoms. The first-order chi connectivity index (χ1) is 8.22. The molecule has 1 fully saturated rings. The number of hydrogen-bond donors (Lipinski definition) is 1. The van der Waals surface area contributed by atoms with Crippen LogP contribution in [0.3, 0.4) is 0 Å². The van der Waals surface area contributed by atoms with E-state index in [1.165, 1.54) is 11.2 Å². The highest BCUT2D eigenvalue weighted by atomic mass is 32.2. The second kappa shape index (κ2) is 5.79. The zero-order chi connectivity index (χ0) is 13.9. The van der Waals surface area contributed by atoms with Gasteiger partial charge in [-0.2, -0.15) is 0 Å². The number of rotatable bonds is 6. The van der Waals surface area contributed by atoms with Crippen molar-refractivity contribution in [2.45, 2.75) is 38.8 Å². The van der Waals surface area contributed by atoms with E-state index in [2.05, 4.69) is 5.32 Å². The lowest BCUT2D eigenvalue weighted by Crippen LogP contribution is -2.42. The molecule has 1 N–H and O–H groups in total. The molecule has 1 rings (SSSR count). The summed E-state index contributed by atoms with van der Waals surface area (Å²) in [5.41, 5.74) is 0. The Balaban J connectivity index is 2.41. The van der Waals surface area contributed by atoms with Crippen LogP contribution in [0.5, 0.6) is 0 Å². The number of imide groups is 1. The van der Waals surface area contributed by atoms with E-state index in [4.69, 9.17) is 0 Å². The van der Waals surface area contributed by atoms with Gasteiger partial charge in [-0.3, -0.25) is 14.5 Å². The maximum atomic E-state index is 11.9. The van der Waals surface area contributed by atoms with Crippen molar-refractivity contribution in [1.82, 2.24) is 10.2 Å². The molecule has 0 aromatic carbocycles. The summed E-state index contributed by atoms with van der Waals surface area (Å²) in [6.07, 6.45) is 1.78. The molecule has 1 aliphatic rings. The van der Waals surface area contributed by atoms with Crippen molar-refractivity contribution in [2.24, 2.45) is 0 Å². The second-order valence-electron chi connectivity index (χ2n) is 4.89. The molecule has 1 heterocycles. The molecule has 0 radical (unpaired) electrons. The summed E-state index contributed by atoms with van der Waals surface area (Å²) in [6, 6.07) is -0.632. The minimum absolute atomic E-state index is 0.0861. The average Bonchev–Trinajstić information content (AvgIpc) is 2.47. The first kappa shape index (κ1) is 15.1. The van der Waals surface area contributed by atoms with Crippen LogP contribution in [0, 0.1) is 0 Å². The topological polar surface area (TPSA) is 83.6 Å². The Morgan fingerprint density at radius 1 is 1.39 bits per heavy atom. The van der Waals surface area contributed by atoms with Crippen molar-refractivity contribution < 1.29 is 18.0 Å². The average molecular weight is 276 g/mol. The lowest BCUT2D eigenvalue weighted by Gasteiger charge is -2.19. The Labute approximate surface area is 108 Å². The van der Waals surface area contributed by atoms with Gasteiger partial charge >= 0.3 is 0 Å². The van der Waals surface area contributed by atoms with Crippen LogP contribution in [-0.2, 0) is 19.4 Å². The highest BCUT2D eigenvalue weighted by Crippen LogP contribution is 2.15. The van der Waals surface area contributed by atoms with E-state index in [1.54, 1.807) is 13.8 Å². The van der Waals surface area contributed by atoms with Gasteiger partial charge in [-0.05, 0) is 26.8 Å². The third kappa shape index (κ3) is 4.06. The van der Waals surface area contributed by atoms with Gasteiger partial charge in [0.15, 0.2) is 0 Å². The van der Waals surface area contributed by atoms with Crippen LogP contribution < -0.4 is 5.32 Å². The molecule has 1 unspecified atom stereocenters. The van der Waals surface area contributed by atoms with Crippen LogP contribution in [0.25, 0.3) is 0 Å². The SMILES string of the molecule is CC(C)N1C(=O)CC(NCCCS(C)(=O)=O)C1=O. The molecule has 0 aromatic heterocycles. The zero-order valence-electron chi connectivity index (χ0n) is 11.0. The standard InChI is InChI=1S/C11H20N2O4S/c1-8(2)13-10(14)7-9(11(13)15)12-5-4-6-18(3,16)17/h8-9,12H,4-7H2,1-3H3. The van der Waals surface area contributed by atoms with Gasteiger partial charge < -0.3 is 5.32 Å². The lowest BCUT2D eigenvalue weighted by molar-refractivity contribution is -0.140. The molecule has 6 nitrogen and oxygen atoms in total. The summed E-state index contributed by atoms with van der Waals surface area (Å²) < 4.78 is 21.9. The number of carbonyl (C=O) groups excluding carboxylic acids is 2. The molecule has 104 valence electrons. The van der Waals surface area contributed by atoms with Gasteiger partial charge in [-0.25, -0.2) is 8.42 Å². The molecule has 1 saturated heterocycles. The van der Waals surface area contributed by atoms with E-state index in [-0.39, 0.29) is 30.0 Å². The zero-order valence-corrected chi connectivity index (χ0v) is 11.8. The summed E-state index contributed by atoms with van der Waals surface area (Å²) >= 11 is 0. The molecule has 0 bridgehead atoms. The van der Waals surface area contributed by atoms with Crippen molar-refractivity contribution in [3.63, 3.8) is 0 Å². The number of sulfone groups is 1. The van der Waals surface area contributed by atoms with Crippen LogP contribution >= 0.6 is 0 Å². The predicted octanol–water partition coefficient (Wildman–Crippen LogP) is -0.453. The quantitative estimate of drug-likeness (QED) is 0.524. The molecule has 1 aliphatic heterocycles. The van der Waals surface area contributed by atoms with Crippen molar-refractivity contribution in [3.05, 3.63) is 0 Å². The second-order valence-corrected chi connectivity index (χ2v) is 7.15. The van der Waals surface area contributed by atoms with E-state index >= 15 is 0 Å². The van der Waals surface area contributed by atoms with Gasteiger partial charge in [-0.15, -0.1) is 0 Å². The fraction of sp³-hybridized carbons (Fsp3) is 0.818. The fourth-order valence-electron chi connectivity index (χ4n) is 1.96. The van der Waals surface area contributed by atoms with Crippen molar-refractivity contribution in [1.29, 1.82) is 0 Å². The molecule has 1 atom stereocenters. The van der Waals surface area contributed by atoms with Gasteiger partial charge in [0, 0.05) is 12.3 Å². The maximum absolute atomic E-state index is 11.9. The Morgan fingerprint density at radius 3 is 2.44 bits per heavy atom. The normalized spacial score (nSPS) is 21.1.